The molecule has 1 fully saturated rings. The van der Waals surface area contributed by atoms with E-state index in [-0.39, 0.29) is 5.02 Å². The fourth-order valence-electron chi connectivity index (χ4n) is 2.41. The van der Waals surface area contributed by atoms with E-state index >= 15 is 0 Å². The molecule has 0 bridgehead atoms. The van der Waals surface area contributed by atoms with Gasteiger partial charge in [0.1, 0.15) is 5.82 Å². The molecule has 1 heterocycles. The monoisotopic (exact) mass is 274 g/mol. The highest BCUT2D eigenvalue weighted by molar-refractivity contribution is 6.33. The van der Waals surface area contributed by atoms with Crippen molar-refractivity contribution < 1.29 is 8.78 Å². The first-order valence-electron chi connectivity index (χ1n) is 6.24. The summed E-state index contributed by atoms with van der Waals surface area (Å²) in [6.45, 7) is 4.29. The van der Waals surface area contributed by atoms with Gasteiger partial charge in [-0.05, 0) is 12.5 Å². The third kappa shape index (κ3) is 2.93. The second-order valence-electron chi connectivity index (χ2n) is 4.60. The van der Waals surface area contributed by atoms with Crippen molar-refractivity contribution in [3.63, 3.8) is 0 Å². The minimum atomic E-state index is -0.638. The molecule has 0 spiro atoms. The number of halogens is 3. The first kappa shape index (κ1) is 13.6. The molecule has 2 rings (SSSR count). The van der Waals surface area contributed by atoms with Crippen molar-refractivity contribution in [2.45, 2.75) is 25.8 Å². The summed E-state index contributed by atoms with van der Waals surface area (Å²) in [5, 5.41) is 3.53. The van der Waals surface area contributed by atoms with Gasteiger partial charge in [-0.3, -0.25) is 0 Å². The molecule has 1 aromatic rings. The van der Waals surface area contributed by atoms with Gasteiger partial charge in [0, 0.05) is 31.7 Å². The lowest BCUT2D eigenvalue weighted by molar-refractivity contribution is 0.427. The maximum absolute atomic E-state index is 13.8. The molecule has 1 aliphatic rings. The van der Waals surface area contributed by atoms with Crippen LogP contribution in [0.25, 0.3) is 0 Å². The van der Waals surface area contributed by atoms with Crippen molar-refractivity contribution in [2.75, 3.05) is 24.5 Å². The first-order valence-corrected chi connectivity index (χ1v) is 6.62. The van der Waals surface area contributed by atoms with Crippen LogP contribution in [0.1, 0.15) is 19.8 Å². The van der Waals surface area contributed by atoms with Gasteiger partial charge in [-0.15, -0.1) is 0 Å². The molecule has 0 aromatic heterocycles. The van der Waals surface area contributed by atoms with E-state index in [1.54, 1.807) is 0 Å². The topological polar surface area (TPSA) is 15.3 Å². The molecule has 1 N–H and O–H groups in total. The third-order valence-corrected chi connectivity index (χ3v) is 3.48. The van der Waals surface area contributed by atoms with Crippen LogP contribution in [0.4, 0.5) is 14.5 Å². The zero-order valence-electron chi connectivity index (χ0n) is 10.3. The van der Waals surface area contributed by atoms with Crippen LogP contribution in [0.3, 0.4) is 0 Å². The first-order chi connectivity index (χ1) is 8.61. The maximum Gasteiger partial charge on any atom is 0.150 e. The second-order valence-corrected chi connectivity index (χ2v) is 5.01. The summed E-state index contributed by atoms with van der Waals surface area (Å²) in [6.07, 6.45) is 2.11. The van der Waals surface area contributed by atoms with Crippen molar-refractivity contribution >= 4 is 17.3 Å². The molecule has 1 aliphatic heterocycles. The van der Waals surface area contributed by atoms with Gasteiger partial charge in [0.2, 0.25) is 0 Å². The Morgan fingerprint density at radius 3 is 2.89 bits per heavy atom. The highest BCUT2D eigenvalue weighted by atomic mass is 35.5. The molecule has 18 heavy (non-hydrogen) atoms. The lowest BCUT2D eigenvalue weighted by atomic mass is 10.1. The van der Waals surface area contributed by atoms with E-state index in [4.69, 9.17) is 11.6 Å². The molecule has 1 unspecified atom stereocenters. The van der Waals surface area contributed by atoms with Gasteiger partial charge in [-0.25, -0.2) is 8.78 Å². The standard InChI is InChI=1S/C13H17ClF2N2/c1-2-3-10-8-18(5-4-17-10)13-11(14)6-9(15)7-12(13)16/h6-7,10,17H,2-5,8H2,1H3. The van der Waals surface area contributed by atoms with Crippen molar-refractivity contribution in [1.29, 1.82) is 0 Å². The molecule has 1 saturated heterocycles. The predicted octanol–water partition coefficient (Wildman–Crippen LogP) is 3.20. The largest absolute Gasteiger partial charge is 0.365 e. The molecular formula is C13H17ClF2N2. The van der Waals surface area contributed by atoms with E-state index < -0.39 is 11.6 Å². The van der Waals surface area contributed by atoms with Gasteiger partial charge in [0.05, 0.1) is 10.7 Å². The fourth-order valence-corrected chi connectivity index (χ4v) is 2.72. The number of rotatable bonds is 3. The summed E-state index contributed by atoms with van der Waals surface area (Å²) in [6, 6.07) is 2.39. The minimum Gasteiger partial charge on any atom is -0.365 e. The Kier molecular flexibility index (Phi) is 4.40. The van der Waals surface area contributed by atoms with Crippen LogP contribution in [0.15, 0.2) is 12.1 Å². The highest BCUT2D eigenvalue weighted by Gasteiger charge is 2.23. The molecule has 0 radical (unpaired) electrons. The van der Waals surface area contributed by atoms with E-state index in [2.05, 4.69) is 12.2 Å². The molecule has 0 aliphatic carbocycles. The molecule has 1 aromatic carbocycles. The zero-order valence-corrected chi connectivity index (χ0v) is 11.1. The van der Waals surface area contributed by atoms with Crippen LogP contribution >= 0.6 is 11.6 Å². The number of hydrogen-bond acceptors (Lipinski definition) is 2. The lowest BCUT2D eigenvalue weighted by Gasteiger charge is -2.35. The maximum atomic E-state index is 13.8. The Bertz CT molecular complexity index is 400. The summed E-state index contributed by atoms with van der Waals surface area (Å²) >= 11 is 5.95. The van der Waals surface area contributed by atoms with Crippen LogP contribution in [0, 0.1) is 11.6 Å². The molecule has 0 amide bonds. The molecule has 1 atom stereocenters. The van der Waals surface area contributed by atoms with Crippen LogP contribution in [-0.4, -0.2) is 25.7 Å². The van der Waals surface area contributed by atoms with Crippen LogP contribution in [-0.2, 0) is 0 Å². The van der Waals surface area contributed by atoms with Crippen molar-refractivity contribution in [3.05, 3.63) is 28.8 Å². The predicted molar refractivity (Wildman–Crippen MR) is 70.3 cm³/mol. The fraction of sp³-hybridized carbons (Fsp3) is 0.538. The zero-order chi connectivity index (χ0) is 13.1. The van der Waals surface area contributed by atoms with E-state index in [0.717, 1.165) is 31.5 Å². The van der Waals surface area contributed by atoms with Gasteiger partial charge >= 0.3 is 0 Å². The molecule has 0 saturated carbocycles. The van der Waals surface area contributed by atoms with Gasteiger partial charge in [0.15, 0.2) is 5.82 Å². The number of nitrogens with one attached hydrogen (secondary N) is 1. The van der Waals surface area contributed by atoms with E-state index in [0.29, 0.717) is 24.8 Å². The van der Waals surface area contributed by atoms with E-state index in [1.165, 1.54) is 0 Å². The van der Waals surface area contributed by atoms with E-state index in [1.807, 2.05) is 4.90 Å². The molecule has 5 heteroatoms. The van der Waals surface area contributed by atoms with Crippen LogP contribution in [0.5, 0.6) is 0 Å². The molecule has 2 nitrogen and oxygen atoms in total. The number of benzene rings is 1. The summed E-state index contributed by atoms with van der Waals surface area (Å²) < 4.78 is 26.8. The summed E-state index contributed by atoms with van der Waals surface area (Å²) in [4.78, 5) is 1.90. The van der Waals surface area contributed by atoms with Crippen molar-refractivity contribution in [2.24, 2.45) is 0 Å². The summed E-state index contributed by atoms with van der Waals surface area (Å²) in [7, 11) is 0. The number of nitrogens with zero attached hydrogens (tertiary/aromatic N) is 1. The lowest BCUT2D eigenvalue weighted by Crippen LogP contribution is -2.51. The Morgan fingerprint density at radius 1 is 1.44 bits per heavy atom. The normalized spacial score (nSPS) is 20.2. The number of anilines is 1. The van der Waals surface area contributed by atoms with Crippen molar-refractivity contribution in [1.82, 2.24) is 5.32 Å². The van der Waals surface area contributed by atoms with Gasteiger partial charge in [-0.1, -0.05) is 24.9 Å². The Morgan fingerprint density at radius 2 is 2.22 bits per heavy atom. The SMILES string of the molecule is CCCC1CN(c2c(F)cc(F)cc2Cl)CCN1. The van der Waals surface area contributed by atoms with Crippen LogP contribution in [0.2, 0.25) is 5.02 Å². The number of piperazine rings is 1. The average Bonchev–Trinajstić information content (AvgIpc) is 2.28. The smallest absolute Gasteiger partial charge is 0.150 e. The Labute approximate surface area is 111 Å². The van der Waals surface area contributed by atoms with Gasteiger partial charge in [-0.2, -0.15) is 0 Å². The Hall–Kier alpha value is -0.870. The highest BCUT2D eigenvalue weighted by Crippen LogP contribution is 2.31. The Balaban J connectivity index is 2.20. The summed E-state index contributed by atoms with van der Waals surface area (Å²) in [5.41, 5.74) is 0.320. The quantitative estimate of drug-likeness (QED) is 0.911. The van der Waals surface area contributed by atoms with Crippen molar-refractivity contribution in [3.8, 4) is 0 Å². The minimum absolute atomic E-state index is 0.143. The van der Waals surface area contributed by atoms with Gasteiger partial charge < -0.3 is 10.2 Å². The average molecular weight is 275 g/mol. The van der Waals surface area contributed by atoms with Crippen LogP contribution < -0.4 is 10.2 Å². The summed E-state index contributed by atoms with van der Waals surface area (Å²) in [5.74, 6) is -1.22. The number of hydrogen-bond donors (Lipinski definition) is 1. The van der Waals surface area contributed by atoms with E-state index in [9.17, 15) is 8.78 Å². The second kappa shape index (κ2) is 5.85. The van der Waals surface area contributed by atoms with Gasteiger partial charge in [0.25, 0.3) is 0 Å². The molecular weight excluding hydrogens is 258 g/mol. The molecule has 100 valence electrons. The third-order valence-electron chi connectivity index (χ3n) is 3.19.